The Balaban J connectivity index is 1.98. The highest BCUT2D eigenvalue weighted by molar-refractivity contribution is 6.30. The summed E-state index contributed by atoms with van der Waals surface area (Å²) in [4.78, 5) is 12.1. The average Bonchev–Trinajstić information content (AvgIpc) is 2.49. The van der Waals surface area contributed by atoms with Crippen molar-refractivity contribution >= 4 is 17.5 Å². The van der Waals surface area contributed by atoms with E-state index in [0.29, 0.717) is 10.8 Å². The summed E-state index contributed by atoms with van der Waals surface area (Å²) in [5.74, 6) is -1.28. The van der Waals surface area contributed by atoms with Gasteiger partial charge in [-0.2, -0.15) is 0 Å². The number of amides is 1. The third-order valence-corrected chi connectivity index (χ3v) is 3.54. The molecule has 0 spiro atoms. The lowest BCUT2D eigenvalue weighted by molar-refractivity contribution is -0.127. The van der Waals surface area contributed by atoms with Crippen LogP contribution in [0.1, 0.15) is 25.5 Å². The van der Waals surface area contributed by atoms with Gasteiger partial charge < -0.3 is 10.1 Å². The maximum atomic E-state index is 13.7. The van der Waals surface area contributed by atoms with Gasteiger partial charge in [0.05, 0.1) is 6.04 Å². The van der Waals surface area contributed by atoms with Crippen LogP contribution in [0.4, 0.5) is 8.78 Å². The van der Waals surface area contributed by atoms with Crippen LogP contribution in [0.5, 0.6) is 5.75 Å². The molecule has 6 heteroatoms. The van der Waals surface area contributed by atoms with Gasteiger partial charge in [0.1, 0.15) is 17.4 Å². The lowest BCUT2D eigenvalue weighted by Crippen LogP contribution is -2.38. The number of benzene rings is 2. The summed E-state index contributed by atoms with van der Waals surface area (Å²) >= 11 is 5.78. The zero-order chi connectivity index (χ0) is 17.0. The first-order valence-electron chi connectivity index (χ1n) is 7.04. The minimum Gasteiger partial charge on any atom is -0.481 e. The molecule has 0 fully saturated rings. The van der Waals surface area contributed by atoms with Crippen molar-refractivity contribution < 1.29 is 18.3 Å². The van der Waals surface area contributed by atoms with Crippen LogP contribution in [0.25, 0.3) is 0 Å². The molecule has 23 heavy (non-hydrogen) atoms. The molecule has 0 aromatic heterocycles. The van der Waals surface area contributed by atoms with Crippen LogP contribution in [0.15, 0.2) is 42.5 Å². The summed E-state index contributed by atoms with van der Waals surface area (Å²) in [6.45, 7) is 3.20. The smallest absolute Gasteiger partial charge is 0.261 e. The number of hydrogen-bond acceptors (Lipinski definition) is 2. The van der Waals surface area contributed by atoms with Crippen LogP contribution in [-0.4, -0.2) is 12.0 Å². The Morgan fingerprint density at radius 1 is 1.13 bits per heavy atom. The number of ether oxygens (including phenoxy) is 1. The van der Waals surface area contributed by atoms with E-state index in [-0.39, 0.29) is 5.56 Å². The number of carbonyl (C=O) groups is 1. The molecule has 1 amide bonds. The van der Waals surface area contributed by atoms with Crippen molar-refractivity contribution in [2.45, 2.75) is 26.0 Å². The van der Waals surface area contributed by atoms with Gasteiger partial charge in [-0.3, -0.25) is 4.79 Å². The fourth-order valence-corrected chi connectivity index (χ4v) is 2.16. The van der Waals surface area contributed by atoms with Crippen molar-refractivity contribution in [3.63, 3.8) is 0 Å². The van der Waals surface area contributed by atoms with Crippen LogP contribution >= 0.6 is 11.6 Å². The molecule has 2 aromatic rings. The van der Waals surface area contributed by atoms with Gasteiger partial charge in [0.25, 0.3) is 5.91 Å². The molecule has 3 nitrogen and oxygen atoms in total. The van der Waals surface area contributed by atoms with Crippen LogP contribution in [0.2, 0.25) is 5.02 Å². The maximum absolute atomic E-state index is 13.7. The standard InChI is InChI=1S/C17H16ClF2NO2/c1-10(15-8-5-13(19)9-16(15)20)21-17(22)11(2)23-14-6-3-12(18)4-7-14/h3-11H,1-2H3,(H,21,22)/t10-,11-/m0/s1. The lowest BCUT2D eigenvalue weighted by atomic mass is 10.1. The monoisotopic (exact) mass is 339 g/mol. The second kappa shape index (κ2) is 7.42. The van der Waals surface area contributed by atoms with Gasteiger partial charge in [0.15, 0.2) is 6.10 Å². The average molecular weight is 340 g/mol. The Morgan fingerprint density at radius 2 is 1.78 bits per heavy atom. The molecule has 0 aliphatic heterocycles. The van der Waals surface area contributed by atoms with Crippen molar-refractivity contribution in [2.24, 2.45) is 0 Å². The first-order chi connectivity index (χ1) is 10.9. The third-order valence-electron chi connectivity index (χ3n) is 3.28. The molecule has 0 unspecified atom stereocenters. The molecular formula is C17H16ClF2NO2. The molecule has 2 aromatic carbocycles. The molecule has 122 valence electrons. The quantitative estimate of drug-likeness (QED) is 0.883. The van der Waals surface area contributed by atoms with Crippen molar-refractivity contribution in [1.82, 2.24) is 5.32 Å². The fourth-order valence-electron chi connectivity index (χ4n) is 2.03. The summed E-state index contributed by atoms with van der Waals surface area (Å²) in [6.07, 6.45) is -0.776. The Bertz CT molecular complexity index is 691. The van der Waals surface area contributed by atoms with Gasteiger partial charge in [0, 0.05) is 16.7 Å². The third kappa shape index (κ3) is 4.66. The van der Waals surface area contributed by atoms with E-state index in [1.807, 2.05) is 0 Å². The Labute approximate surface area is 138 Å². The number of rotatable bonds is 5. The molecular weight excluding hydrogens is 324 g/mol. The highest BCUT2D eigenvalue weighted by Crippen LogP contribution is 2.19. The molecule has 0 aliphatic rings. The summed E-state index contributed by atoms with van der Waals surface area (Å²) in [7, 11) is 0. The van der Waals surface area contributed by atoms with Gasteiger partial charge in [-0.15, -0.1) is 0 Å². The molecule has 2 rings (SSSR count). The van der Waals surface area contributed by atoms with E-state index in [1.165, 1.54) is 6.07 Å². The van der Waals surface area contributed by atoms with Crippen molar-refractivity contribution in [1.29, 1.82) is 0 Å². The molecule has 0 aliphatic carbocycles. The van der Waals surface area contributed by atoms with Gasteiger partial charge in [-0.1, -0.05) is 17.7 Å². The van der Waals surface area contributed by atoms with E-state index in [2.05, 4.69) is 5.32 Å². The molecule has 1 N–H and O–H groups in total. The van der Waals surface area contributed by atoms with E-state index in [9.17, 15) is 13.6 Å². The van der Waals surface area contributed by atoms with Crippen molar-refractivity contribution in [2.75, 3.05) is 0 Å². The van der Waals surface area contributed by atoms with Crippen LogP contribution in [0.3, 0.4) is 0 Å². The zero-order valence-corrected chi connectivity index (χ0v) is 13.4. The first kappa shape index (κ1) is 17.2. The van der Waals surface area contributed by atoms with E-state index in [0.717, 1.165) is 12.1 Å². The van der Waals surface area contributed by atoms with E-state index in [1.54, 1.807) is 38.1 Å². The molecule has 0 saturated carbocycles. The van der Waals surface area contributed by atoms with E-state index >= 15 is 0 Å². The second-order valence-electron chi connectivity index (χ2n) is 5.11. The van der Waals surface area contributed by atoms with Gasteiger partial charge in [-0.05, 0) is 44.2 Å². The van der Waals surface area contributed by atoms with Crippen molar-refractivity contribution in [3.05, 3.63) is 64.7 Å². The van der Waals surface area contributed by atoms with E-state index in [4.69, 9.17) is 16.3 Å². The number of halogens is 3. The van der Waals surface area contributed by atoms with Gasteiger partial charge in [0.2, 0.25) is 0 Å². The minimum atomic E-state index is -0.776. The molecule has 0 radical (unpaired) electrons. The number of carbonyl (C=O) groups excluding carboxylic acids is 1. The summed E-state index contributed by atoms with van der Waals surface area (Å²) in [5.41, 5.74) is 0.207. The second-order valence-corrected chi connectivity index (χ2v) is 5.55. The highest BCUT2D eigenvalue weighted by atomic mass is 35.5. The highest BCUT2D eigenvalue weighted by Gasteiger charge is 2.19. The van der Waals surface area contributed by atoms with Crippen LogP contribution < -0.4 is 10.1 Å². The van der Waals surface area contributed by atoms with E-state index < -0.39 is 29.7 Å². The van der Waals surface area contributed by atoms with Crippen LogP contribution in [-0.2, 0) is 4.79 Å². The normalized spacial score (nSPS) is 13.3. The molecule has 0 saturated heterocycles. The lowest BCUT2D eigenvalue weighted by Gasteiger charge is -2.19. The first-order valence-corrected chi connectivity index (χ1v) is 7.42. The largest absolute Gasteiger partial charge is 0.481 e. The predicted molar refractivity (Wildman–Crippen MR) is 84.5 cm³/mol. The maximum Gasteiger partial charge on any atom is 0.261 e. The zero-order valence-electron chi connectivity index (χ0n) is 12.6. The molecule has 2 atom stereocenters. The Morgan fingerprint density at radius 3 is 2.39 bits per heavy atom. The topological polar surface area (TPSA) is 38.3 Å². The molecule has 0 heterocycles. The van der Waals surface area contributed by atoms with Crippen molar-refractivity contribution in [3.8, 4) is 5.75 Å². The summed E-state index contributed by atoms with van der Waals surface area (Å²) in [6, 6.07) is 9.22. The minimum absolute atomic E-state index is 0.207. The summed E-state index contributed by atoms with van der Waals surface area (Å²) in [5, 5.41) is 3.20. The SMILES string of the molecule is C[C@H](Oc1ccc(Cl)cc1)C(=O)N[C@@H](C)c1ccc(F)cc1F. The number of nitrogens with one attached hydrogen (secondary N) is 1. The predicted octanol–water partition coefficient (Wildman–Crippen LogP) is 4.26. The summed E-state index contributed by atoms with van der Waals surface area (Å²) < 4.78 is 32.1. The van der Waals surface area contributed by atoms with Crippen LogP contribution in [0, 0.1) is 11.6 Å². The molecule has 0 bridgehead atoms. The Kier molecular flexibility index (Phi) is 5.55. The van der Waals surface area contributed by atoms with Gasteiger partial charge >= 0.3 is 0 Å². The Hall–Kier alpha value is -2.14. The number of hydrogen-bond donors (Lipinski definition) is 1. The van der Waals surface area contributed by atoms with Gasteiger partial charge in [-0.25, -0.2) is 8.78 Å². The fraction of sp³-hybridized carbons (Fsp3) is 0.235.